The first-order valence-electron chi connectivity index (χ1n) is 6.26. The lowest BCUT2D eigenvalue weighted by Gasteiger charge is -2.38. The number of nitrogens with one attached hydrogen (secondary N) is 1. The number of likely N-dealkylation sites (N-methyl/N-ethyl adjacent to an activating group) is 1. The average molecular weight is 296 g/mol. The van der Waals surface area contributed by atoms with Gasteiger partial charge in [0.2, 0.25) is 5.91 Å². The fourth-order valence-corrected chi connectivity index (χ4v) is 1.76. The Morgan fingerprint density at radius 3 is 2.62 bits per heavy atom. The van der Waals surface area contributed by atoms with Crippen LogP contribution in [0.25, 0.3) is 0 Å². The van der Waals surface area contributed by atoms with Crippen molar-refractivity contribution in [2.24, 2.45) is 0 Å². The summed E-state index contributed by atoms with van der Waals surface area (Å²) in [5, 5.41) is 18.5. The van der Waals surface area contributed by atoms with Crippen LogP contribution in [0.3, 0.4) is 0 Å². The Labute approximate surface area is 120 Å². The van der Waals surface area contributed by atoms with Crippen LogP contribution in [0.2, 0.25) is 0 Å². The van der Waals surface area contributed by atoms with E-state index in [9.17, 15) is 14.4 Å². The third-order valence-corrected chi connectivity index (χ3v) is 3.14. The van der Waals surface area contributed by atoms with Gasteiger partial charge in [-0.25, -0.2) is 14.3 Å². The molecule has 0 aromatic carbocycles. The van der Waals surface area contributed by atoms with Crippen LogP contribution in [-0.2, 0) is 4.79 Å². The summed E-state index contributed by atoms with van der Waals surface area (Å²) >= 11 is 0. The van der Waals surface area contributed by atoms with Crippen molar-refractivity contribution in [1.82, 2.24) is 30.1 Å². The molecule has 0 radical (unpaired) electrons. The molecule has 0 spiro atoms. The number of carbonyl (C=O) groups is 3. The summed E-state index contributed by atoms with van der Waals surface area (Å²) in [5.41, 5.74) is -0.130. The second kappa shape index (κ2) is 5.77. The summed E-state index contributed by atoms with van der Waals surface area (Å²) in [7, 11) is 3.22. The Balaban J connectivity index is 1.79. The summed E-state index contributed by atoms with van der Waals surface area (Å²) in [6.45, 7) is 0.730. The number of carbonyl (C=O) groups excluding carboxylic acids is 2. The van der Waals surface area contributed by atoms with Crippen molar-refractivity contribution >= 4 is 17.9 Å². The first-order chi connectivity index (χ1) is 9.88. The summed E-state index contributed by atoms with van der Waals surface area (Å²) < 4.78 is 1.43. The third-order valence-electron chi connectivity index (χ3n) is 3.14. The number of aromatic nitrogens is 3. The van der Waals surface area contributed by atoms with Crippen molar-refractivity contribution < 1.29 is 19.5 Å². The minimum atomic E-state index is -1.14. The standard InChI is InChI=1S/C11H16N6O4/c1-15(2)9(18)3-12-11(21)16-4-7(5-16)17-6-8(10(19)20)13-14-17/h6-7H,3-5H2,1-2H3,(H,12,21)(H,19,20). The largest absolute Gasteiger partial charge is 0.476 e. The lowest BCUT2D eigenvalue weighted by Crippen LogP contribution is -2.55. The number of likely N-dealkylation sites (tertiary alicyclic amines) is 1. The van der Waals surface area contributed by atoms with E-state index in [0.29, 0.717) is 13.1 Å². The van der Waals surface area contributed by atoms with Crippen LogP contribution in [0, 0.1) is 0 Å². The van der Waals surface area contributed by atoms with Crippen LogP contribution in [0.15, 0.2) is 6.20 Å². The Morgan fingerprint density at radius 2 is 2.10 bits per heavy atom. The molecule has 21 heavy (non-hydrogen) atoms. The second-order valence-electron chi connectivity index (χ2n) is 4.89. The van der Waals surface area contributed by atoms with Crippen molar-refractivity contribution in [2.45, 2.75) is 6.04 Å². The molecule has 1 aromatic rings. The highest BCUT2D eigenvalue weighted by Crippen LogP contribution is 2.20. The Bertz CT molecular complexity index is 563. The molecule has 0 aliphatic carbocycles. The van der Waals surface area contributed by atoms with Crippen LogP contribution < -0.4 is 5.32 Å². The van der Waals surface area contributed by atoms with E-state index in [-0.39, 0.29) is 30.2 Å². The molecule has 1 fully saturated rings. The van der Waals surface area contributed by atoms with E-state index in [1.807, 2.05) is 0 Å². The Morgan fingerprint density at radius 1 is 1.43 bits per heavy atom. The lowest BCUT2D eigenvalue weighted by atomic mass is 10.1. The number of amides is 3. The van der Waals surface area contributed by atoms with Gasteiger partial charge in [0.15, 0.2) is 5.69 Å². The SMILES string of the molecule is CN(C)C(=O)CNC(=O)N1CC(n2cc(C(=O)O)nn2)C1. The van der Waals surface area contributed by atoms with Gasteiger partial charge in [-0.2, -0.15) is 0 Å². The van der Waals surface area contributed by atoms with Crippen molar-refractivity contribution in [1.29, 1.82) is 0 Å². The maximum Gasteiger partial charge on any atom is 0.358 e. The summed E-state index contributed by atoms with van der Waals surface area (Å²) in [6.07, 6.45) is 1.33. The highest BCUT2D eigenvalue weighted by Gasteiger charge is 2.33. The van der Waals surface area contributed by atoms with Crippen LogP contribution in [0.4, 0.5) is 4.79 Å². The lowest BCUT2D eigenvalue weighted by molar-refractivity contribution is -0.127. The van der Waals surface area contributed by atoms with Crippen LogP contribution in [0.1, 0.15) is 16.5 Å². The first kappa shape index (κ1) is 14.8. The van der Waals surface area contributed by atoms with Gasteiger partial charge in [0.05, 0.1) is 18.8 Å². The molecule has 0 unspecified atom stereocenters. The predicted molar refractivity (Wildman–Crippen MR) is 69.7 cm³/mol. The molecule has 1 aromatic heterocycles. The molecule has 0 saturated carbocycles. The minimum absolute atomic E-state index is 0.0561. The van der Waals surface area contributed by atoms with Crippen molar-refractivity contribution in [2.75, 3.05) is 33.7 Å². The number of rotatable bonds is 4. The quantitative estimate of drug-likeness (QED) is 0.707. The van der Waals surface area contributed by atoms with Crippen molar-refractivity contribution in [3.8, 4) is 0 Å². The molecule has 2 N–H and O–H groups in total. The summed E-state index contributed by atoms with van der Waals surface area (Å²) in [4.78, 5) is 36.7. The van der Waals surface area contributed by atoms with Gasteiger partial charge >= 0.3 is 12.0 Å². The second-order valence-corrected chi connectivity index (χ2v) is 4.89. The molecule has 2 rings (SSSR count). The molecule has 1 aliphatic heterocycles. The van der Waals surface area contributed by atoms with Crippen molar-refractivity contribution in [3.63, 3.8) is 0 Å². The number of urea groups is 1. The van der Waals surface area contributed by atoms with E-state index in [0.717, 1.165) is 0 Å². The van der Waals surface area contributed by atoms with Crippen LogP contribution >= 0.6 is 0 Å². The van der Waals surface area contributed by atoms with Gasteiger partial charge in [-0.05, 0) is 0 Å². The molecule has 114 valence electrons. The molecule has 1 aliphatic rings. The Kier molecular flexibility index (Phi) is 4.05. The van der Waals surface area contributed by atoms with Gasteiger partial charge < -0.3 is 20.2 Å². The van der Waals surface area contributed by atoms with Crippen LogP contribution in [0.5, 0.6) is 0 Å². The normalized spacial score (nSPS) is 14.5. The molecule has 0 atom stereocenters. The van der Waals surface area contributed by atoms with Crippen LogP contribution in [-0.4, -0.2) is 81.5 Å². The molecular weight excluding hydrogens is 280 g/mol. The summed E-state index contributed by atoms with van der Waals surface area (Å²) in [5.74, 6) is -1.33. The van der Waals surface area contributed by atoms with Gasteiger partial charge in [-0.15, -0.1) is 5.10 Å². The topological polar surface area (TPSA) is 121 Å². The highest BCUT2D eigenvalue weighted by atomic mass is 16.4. The first-order valence-corrected chi connectivity index (χ1v) is 6.26. The number of aromatic carboxylic acids is 1. The van der Waals surface area contributed by atoms with E-state index in [1.165, 1.54) is 20.7 Å². The van der Waals surface area contributed by atoms with Gasteiger partial charge in [0.1, 0.15) is 0 Å². The molecular formula is C11H16N6O4. The summed E-state index contributed by atoms with van der Waals surface area (Å²) in [6, 6.07) is -0.430. The molecule has 10 nitrogen and oxygen atoms in total. The molecule has 3 amide bonds. The average Bonchev–Trinajstić information content (AvgIpc) is 2.83. The highest BCUT2D eigenvalue weighted by molar-refractivity contribution is 5.85. The zero-order chi connectivity index (χ0) is 15.6. The third kappa shape index (κ3) is 3.27. The number of carboxylic acid groups (broad SMARTS) is 1. The zero-order valence-corrected chi connectivity index (χ0v) is 11.7. The molecule has 10 heteroatoms. The number of hydrogen-bond donors (Lipinski definition) is 2. The maximum atomic E-state index is 11.7. The minimum Gasteiger partial charge on any atom is -0.476 e. The predicted octanol–water partition coefficient (Wildman–Crippen LogP) is -1.37. The van der Waals surface area contributed by atoms with E-state index in [2.05, 4.69) is 15.6 Å². The van der Waals surface area contributed by atoms with E-state index in [4.69, 9.17) is 5.11 Å². The maximum absolute atomic E-state index is 11.7. The Hall–Kier alpha value is -2.65. The smallest absolute Gasteiger partial charge is 0.358 e. The number of hydrogen-bond acceptors (Lipinski definition) is 5. The van der Waals surface area contributed by atoms with Gasteiger partial charge in [-0.3, -0.25) is 4.79 Å². The molecule has 1 saturated heterocycles. The van der Waals surface area contributed by atoms with E-state index in [1.54, 1.807) is 14.1 Å². The van der Waals surface area contributed by atoms with Crippen molar-refractivity contribution in [3.05, 3.63) is 11.9 Å². The number of carboxylic acids is 1. The van der Waals surface area contributed by atoms with Gasteiger partial charge in [0.25, 0.3) is 0 Å². The van der Waals surface area contributed by atoms with Gasteiger partial charge in [-0.1, -0.05) is 5.21 Å². The zero-order valence-electron chi connectivity index (χ0n) is 11.7. The monoisotopic (exact) mass is 296 g/mol. The fraction of sp³-hybridized carbons (Fsp3) is 0.545. The van der Waals surface area contributed by atoms with E-state index >= 15 is 0 Å². The molecule has 2 heterocycles. The number of nitrogens with zero attached hydrogens (tertiary/aromatic N) is 5. The van der Waals surface area contributed by atoms with Gasteiger partial charge in [0, 0.05) is 27.2 Å². The molecule has 0 bridgehead atoms. The van der Waals surface area contributed by atoms with E-state index < -0.39 is 5.97 Å². The fourth-order valence-electron chi connectivity index (χ4n) is 1.76.